The van der Waals surface area contributed by atoms with Crippen LogP contribution in [0, 0.1) is 0 Å². The third kappa shape index (κ3) is 2.79. The van der Waals surface area contributed by atoms with E-state index in [0.717, 1.165) is 26.2 Å². The van der Waals surface area contributed by atoms with Crippen LogP contribution in [0.4, 0.5) is 0 Å². The number of nitrogens with zero attached hydrogens (tertiary/aromatic N) is 2. The maximum atomic E-state index is 11.3. The molecule has 1 fully saturated rings. The number of amides is 1. The van der Waals surface area contributed by atoms with Gasteiger partial charge in [-0.25, -0.2) is 0 Å². The van der Waals surface area contributed by atoms with Crippen molar-refractivity contribution in [1.82, 2.24) is 15.1 Å². The molecule has 1 rings (SSSR count). The van der Waals surface area contributed by atoms with E-state index in [1.165, 1.54) is 0 Å². The van der Waals surface area contributed by atoms with Crippen molar-refractivity contribution in [3.8, 4) is 0 Å². The summed E-state index contributed by atoms with van der Waals surface area (Å²) in [4.78, 5) is 15.3. The Bertz CT molecular complexity index is 158. The maximum Gasteiger partial charge on any atom is 0.236 e. The lowest BCUT2D eigenvalue weighted by molar-refractivity contribution is -0.132. The standard InChI is InChI=1S/C8H17N3O/c1-10(2)5-6-11-4-3-9-7-8(11)12/h9H,3-7H2,1-2H3. The lowest BCUT2D eigenvalue weighted by Gasteiger charge is -2.28. The first-order chi connectivity index (χ1) is 5.70. The van der Waals surface area contributed by atoms with Crippen LogP contribution in [0.3, 0.4) is 0 Å². The number of hydrogen-bond donors (Lipinski definition) is 1. The Hall–Kier alpha value is -0.610. The molecular weight excluding hydrogens is 154 g/mol. The van der Waals surface area contributed by atoms with Crippen LogP contribution in [-0.4, -0.2) is 62.5 Å². The van der Waals surface area contributed by atoms with Crippen molar-refractivity contribution >= 4 is 5.91 Å². The topological polar surface area (TPSA) is 35.6 Å². The van der Waals surface area contributed by atoms with Gasteiger partial charge in [-0.05, 0) is 14.1 Å². The van der Waals surface area contributed by atoms with E-state index in [9.17, 15) is 4.79 Å². The van der Waals surface area contributed by atoms with E-state index in [1.807, 2.05) is 19.0 Å². The van der Waals surface area contributed by atoms with E-state index in [-0.39, 0.29) is 5.91 Å². The summed E-state index contributed by atoms with van der Waals surface area (Å²) in [6.07, 6.45) is 0. The van der Waals surface area contributed by atoms with Crippen molar-refractivity contribution in [2.24, 2.45) is 0 Å². The molecule has 0 aromatic heterocycles. The number of piperazine rings is 1. The largest absolute Gasteiger partial charge is 0.339 e. The highest BCUT2D eigenvalue weighted by atomic mass is 16.2. The fourth-order valence-corrected chi connectivity index (χ4v) is 1.20. The normalized spacial score (nSPS) is 18.9. The van der Waals surface area contributed by atoms with E-state index >= 15 is 0 Å². The Morgan fingerprint density at radius 1 is 1.58 bits per heavy atom. The van der Waals surface area contributed by atoms with Crippen LogP contribution in [-0.2, 0) is 4.79 Å². The number of carbonyl (C=O) groups excluding carboxylic acids is 1. The van der Waals surface area contributed by atoms with Crippen LogP contribution in [0.25, 0.3) is 0 Å². The smallest absolute Gasteiger partial charge is 0.236 e. The van der Waals surface area contributed by atoms with Crippen molar-refractivity contribution in [2.75, 3.05) is 46.8 Å². The Kier molecular flexibility index (Phi) is 3.49. The first-order valence-electron chi connectivity index (χ1n) is 4.33. The lowest BCUT2D eigenvalue weighted by Crippen LogP contribution is -2.49. The highest BCUT2D eigenvalue weighted by Gasteiger charge is 2.16. The van der Waals surface area contributed by atoms with Crippen LogP contribution < -0.4 is 5.32 Å². The first-order valence-corrected chi connectivity index (χ1v) is 4.33. The average Bonchev–Trinajstić information content (AvgIpc) is 2.03. The minimum absolute atomic E-state index is 0.225. The van der Waals surface area contributed by atoms with Crippen LogP contribution in [0.15, 0.2) is 0 Å². The lowest BCUT2D eigenvalue weighted by atomic mass is 10.3. The molecule has 12 heavy (non-hydrogen) atoms. The van der Waals surface area contributed by atoms with Gasteiger partial charge < -0.3 is 15.1 Å². The molecule has 0 aliphatic carbocycles. The van der Waals surface area contributed by atoms with Gasteiger partial charge in [-0.3, -0.25) is 4.79 Å². The van der Waals surface area contributed by atoms with Gasteiger partial charge in [-0.15, -0.1) is 0 Å². The molecule has 0 aromatic rings. The van der Waals surface area contributed by atoms with Gasteiger partial charge in [0.25, 0.3) is 0 Å². The second-order valence-electron chi connectivity index (χ2n) is 3.36. The number of nitrogens with one attached hydrogen (secondary N) is 1. The molecule has 0 radical (unpaired) electrons. The van der Waals surface area contributed by atoms with Gasteiger partial charge in [-0.2, -0.15) is 0 Å². The van der Waals surface area contributed by atoms with E-state index in [1.54, 1.807) is 0 Å². The Labute approximate surface area is 73.5 Å². The van der Waals surface area contributed by atoms with Gasteiger partial charge in [0.1, 0.15) is 0 Å². The molecule has 0 unspecified atom stereocenters. The first kappa shape index (κ1) is 9.48. The zero-order chi connectivity index (χ0) is 8.97. The summed E-state index contributed by atoms with van der Waals surface area (Å²) >= 11 is 0. The molecule has 1 heterocycles. The second-order valence-corrected chi connectivity index (χ2v) is 3.36. The predicted octanol–water partition coefficient (Wildman–Crippen LogP) is -1.02. The van der Waals surface area contributed by atoms with Gasteiger partial charge in [0.15, 0.2) is 0 Å². The van der Waals surface area contributed by atoms with Gasteiger partial charge in [0, 0.05) is 26.2 Å². The minimum atomic E-state index is 0.225. The summed E-state index contributed by atoms with van der Waals surface area (Å²) in [5.74, 6) is 0.225. The van der Waals surface area contributed by atoms with Crippen LogP contribution >= 0.6 is 0 Å². The van der Waals surface area contributed by atoms with Crippen molar-refractivity contribution in [3.05, 3.63) is 0 Å². The zero-order valence-corrected chi connectivity index (χ0v) is 7.84. The summed E-state index contributed by atoms with van der Waals surface area (Å²) in [6.45, 7) is 4.10. The fraction of sp³-hybridized carbons (Fsp3) is 0.875. The molecule has 0 bridgehead atoms. The van der Waals surface area contributed by atoms with E-state index in [0.29, 0.717) is 6.54 Å². The molecule has 1 saturated heterocycles. The molecule has 1 aliphatic heterocycles. The predicted molar refractivity (Wildman–Crippen MR) is 48.0 cm³/mol. The third-order valence-electron chi connectivity index (χ3n) is 2.00. The SMILES string of the molecule is CN(C)CCN1CCNCC1=O. The molecule has 4 nitrogen and oxygen atoms in total. The van der Waals surface area contributed by atoms with Crippen molar-refractivity contribution in [3.63, 3.8) is 0 Å². The molecule has 0 saturated carbocycles. The van der Waals surface area contributed by atoms with Crippen LogP contribution in [0.2, 0.25) is 0 Å². The summed E-state index contributed by atoms with van der Waals surface area (Å²) in [6, 6.07) is 0. The number of likely N-dealkylation sites (N-methyl/N-ethyl adjacent to an activating group) is 1. The number of rotatable bonds is 3. The van der Waals surface area contributed by atoms with Gasteiger partial charge in [0.2, 0.25) is 5.91 Å². The summed E-state index contributed by atoms with van der Waals surface area (Å²) in [7, 11) is 4.04. The molecule has 4 heteroatoms. The molecule has 1 amide bonds. The highest BCUT2D eigenvalue weighted by molar-refractivity contribution is 5.78. The molecule has 0 spiro atoms. The highest BCUT2D eigenvalue weighted by Crippen LogP contribution is 1.93. The summed E-state index contributed by atoms with van der Waals surface area (Å²) in [5.41, 5.74) is 0. The van der Waals surface area contributed by atoms with Gasteiger partial charge >= 0.3 is 0 Å². The molecular formula is C8H17N3O. The number of carbonyl (C=O) groups is 1. The zero-order valence-electron chi connectivity index (χ0n) is 7.84. The molecule has 1 aliphatic rings. The fourth-order valence-electron chi connectivity index (χ4n) is 1.20. The molecule has 1 N–H and O–H groups in total. The second kappa shape index (κ2) is 4.42. The average molecular weight is 171 g/mol. The van der Waals surface area contributed by atoms with E-state index in [2.05, 4.69) is 10.2 Å². The monoisotopic (exact) mass is 171 g/mol. The minimum Gasteiger partial charge on any atom is -0.339 e. The van der Waals surface area contributed by atoms with Gasteiger partial charge in [0.05, 0.1) is 6.54 Å². The Balaban J connectivity index is 2.25. The number of hydrogen-bond acceptors (Lipinski definition) is 3. The van der Waals surface area contributed by atoms with Crippen molar-refractivity contribution < 1.29 is 4.79 Å². The quantitative estimate of drug-likeness (QED) is 0.590. The van der Waals surface area contributed by atoms with Crippen LogP contribution in [0.5, 0.6) is 0 Å². The Morgan fingerprint density at radius 3 is 2.92 bits per heavy atom. The summed E-state index contributed by atoms with van der Waals surface area (Å²) in [5, 5.41) is 3.05. The Morgan fingerprint density at radius 2 is 2.33 bits per heavy atom. The molecule has 70 valence electrons. The maximum absolute atomic E-state index is 11.3. The summed E-state index contributed by atoms with van der Waals surface area (Å²) < 4.78 is 0. The van der Waals surface area contributed by atoms with Gasteiger partial charge in [-0.1, -0.05) is 0 Å². The van der Waals surface area contributed by atoms with Crippen molar-refractivity contribution in [2.45, 2.75) is 0 Å². The molecule has 0 aromatic carbocycles. The van der Waals surface area contributed by atoms with Crippen LogP contribution in [0.1, 0.15) is 0 Å². The third-order valence-corrected chi connectivity index (χ3v) is 2.00. The molecule has 0 atom stereocenters. The van der Waals surface area contributed by atoms with E-state index < -0.39 is 0 Å². The van der Waals surface area contributed by atoms with Crippen molar-refractivity contribution in [1.29, 1.82) is 0 Å². The van der Waals surface area contributed by atoms with E-state index in [4.69, 9.17) is 0 Å².